The zero-order valence-electron chi connectivity index (χ0n) is 32.6. The van der Waals surface area contributed by atoms with Gasteiger partial charge in [-0.25, -0.2) is 4.57 Å². The van der Waals surface area contributed by atoms with Crippen LogP contribution in [0.2, 0.25) is 0 Å². The number of carbonyl (C=O) groups excluding carboxylic acids is 2. The van der Waals surface area contributed by atoms with Crippen molar-refractivity contribution in [3.05, 3.63) is 48.6 Å². The Bertz CT molecular complexity index is 1010. The lowest BCUT2D eigenvalue weighted by atomic mass is 10.1. The van der Waals surface area contributed by atoms with E-state index in [1.54, 1.807) is 6.08 Å². The Balaban J connectivity index is 4.29. The minimum absolute atomic E-state index is 0.0370. The number of hydrogen-bond donors (Lipinski definition) is 3. The van der Waals surface area contributed by atoms with Crippen LogP contribution in [0.4, 0.5) is 0 Å². The second-order valence-corrected chi connectivity index (χ2v) is 14.8. The Kier molecular flexibility index (Phi) is 35.8. The molecule has 0 rings (SSSR count). The number of aliphatic hydroxyl groups is 1. The number of allylic oxidation sites excluding steroid dienone is 7. The number of unbranched alkanes of at least 4 members (excludes halogenated alkanes) is 15. The standard InChI is InChI=1S/C41H74NO9P/c1-3-5-7-9-11-12-13-14-15-16-17-18-20-24-29-33-41(45)51-39(37-50-52(46,47)49-35-34-42)36-48-40(44)32-28-25-21-23-27-31-38(43)30-26-22-19-10-8-6-4-2/h6,8,12-13,19,22,26,30,38-39,43H,3-5,7,9-11,14-18,20-21,23-25,27-29,31-37,42H2,1-2H3,(H,46,47)/b8-6+,13-12-,22-19+,30-26+/t38?,39-/m1/s1. The molecule has 0 aliphatic carbocycles. The van der Waals surface area contributed by atoms with Gasteiger partial charge in [0.05, 0.1) is 19.3 Å². The lowest BCUT2D eigenvalue weighted by Crippen LogP contribution is -2.29. The molecule has 3 atom stereocenters. The molecule has 302 valence electrons. The highest BCUT2D eigenvalue weighted by Crippen LogP contribution is 2.43. The number of phosphoric acid groups is 1. The van der Waals surface area contributed by atoms with E-state index in [0.717, 1.165) is 64.2 Å². The minimum Gasteiger partial charge on any atom is -0.462 e. The van der Waals surface area contributed by atoms with Gasteiger partial charge in [-0.2, -0.15) is 0 Å². The van der Waals surface area contributed by atoms with Gasteiger partial charge in [-0.15, -0.1) is 0 Å². The number of nitrogens with two attached hydrogens (primary N) is 1. The van der Waals surface area contributed by atoms with Crippen molar-refractivity contribution < 1.29 is 42.7 Å². The number of carbonyl (C=O) groups is 2. The zero-order chi connectivity index (χ0) is 38.4. The number of hydrogen-bond acceptors (Lipinski definition) is 9. The van der Waals surface area contributed by atoms with Crippen LogP contribution in [-0.2, 0) is 32.7 Å². The third-order valence-corrected chi connectivity index (χ3v) is 9.29. The van der Waals surface area contributed by atoms with Crippen molar-refractivity contribution in [2.24, 2.45) is 5.73 Å². The number of esters is 2. The lowest BCUT2D eigenvalue weighted by Gasteiger charge is -2.19. The normalized spacial score (nSPS) is 14.5. The maximum absolute atomic E-state index is 12.5. The average Bonchev–Trinajstić information content (AvgIpc) is 3.12. The van der Waals surface area contributed by atoms with Crippen LogP contribution in [0.1, 0.15) is 162 Å². The highest BCUT2D eigenvalue weighted by molar-refractivity contribution is 7.47. The molecule has 52 heavy (non-hydrogen) atoms. The van der Waals surface area contributed by atoms with Gasteiger partial charge in [0, 0.05) is 19.4 Å². The van der Waals surface area contributed by atoms with Gasteiger partial charge in [-0.05, 0) is 57.8 Å². The summed E-state index contributed by atoms with van der Waals surface area (Å²) in [5.74, 6) is -0.913. The van der Waals surface area contributed by atoms with Gasteiger partial charge in [-0.1, -0.05) is 140 Å². The van der Waals surface area contributed by atoms with Gasteiger partial charge in [0.2, 0.25) is 0 Å². The fourth-order valence-corrected chi connectivity index (χ4v) is 6.05. The first-order chi connectivity index (χ1) is 25.2. The van der Waals surface area contributed by atoms with Crippen LogP contribution in [0.15, 0.2) is 48.6 Å². The maximum atomic E-state index is 12.5. The van der Waals surface area contributed by atoms with Gasteiger partial charge < -0.3 is 25.2 Å². The first-order valence-electron chi connectivity index (χ1n) is 20.2. The molecular formula is C41H74NO9P. The lowest BCUT2D eigenvalue weighted by molar-refractivity contribution is -0.161. The molecule has 0 heterocycles. The van der Waals surface area contributed by atoms with Crippen LogP contribution in [0.5, 0.6) is 0 Å². The second-order valence-electron chi connectivity index (χ2n) is 13.3. The van der Waals surface area contributed by atoms with Gasteiger partial charge >= 0.3 is 19.8 Å². The molecule has 0 aromatic heterocycles. The van der Waals surface area contributed by atoms with Crippen molar-refractivity contribution in [2.75, 3.05) is 26.4 Å². The summed E-state index contributed by atoms with van der Waals surface area (Å²) >= 11 is 0. The number of rotatable bonds is 37. The van der Waals surface area contributed by atoms with Crippen LogP contribution in [0.3, 0.4) is 0 Å². The molecule has 0 saturated heterocycles. The molecule has 0 aliphatic heterocycles. The fourth-order valence-electron chi connectivity index (χ4n) is 5.28. The van der Waals surface area contributed by atoms with Gasteiger partial charge in [-0.3, -0.25) is 18.6 Å². The van der Waals surface area contributed by atoms with Crippen molar-refractivity contribution in [2.45, 2.75) is 174 Å². The van der Waals surface area contributed by atoms with Crippen molar-refractivity contribution >= 4 is 19.8 Å². The van der Waals surface area contributed by atoms with Crippen molar-refractivity contribution in [3.63, 3.8) is 0 Å². The van der Waals surface area contributed by atoms with Gasteiger partial charge in [0.25, 0.3) is 0 Å². The molecule has 2 unspecified atom stereocenters. The largest absolute Gasteiger partial charge is 0.472 e. The number of ether oxygens (including phenoxy) is 2. The summed E-state index contributed by atoms with van der Waals surface area (Å²) in [5, 5.41) is 10.1. The van der Waals surface area contributed by atoms with Crippen molar-refractivity contribution in [3.8, 4) is 0 Å². The monoisotopic (exact) mass is 756 g/mol. The first kappa shape index (κ1) is 49.9. The molecule has 10 nitrogen and oxygen atoms in total. The first-order valence-corrected chi connectivity index (χ1v) is 21.7. The Hall–Kier alpha value is -2.07. The third kappa shape index (κ3) is 36.3. The molecule has 0 fully saturated rings. The summed E-state index contributed by atoms with van der Waals surface area (Å²) < 4.78 is 32.6. The summed E-state index contributed by atoms with van der Waals surface area (Å²) in [6.45, 7) is 3.46. The summed E-state index contributed by atoms with van der Waals surface area (Å²) in [7, 11) is -4.40. The highest BCUT2D eigenvalue weighted by atomic mass is 31.2. The van der Waals surface area contributed by atoms with Gasteiger partial charge in [0.15, 0.2) is 6.10 Å². The Morgan fingerprint density at radius 3 is 1.92 bits per heavy atom. The number of phosphoric ester groups is 1. The predicted octanol–water partition coefficient (Wildman–Crippen LogP) is 10.1. The molecule has 11 heteroatoms. The molecule has 0 aromatic rings. The van der Waals surface area contributed by atoms with Crippen LogP contribution < -0.4 is 5.73 Å². The Labute approximate surface area is 316 Å². The van der Waals surface area contributed by atoms with Gasteiger partial charge in [0.1, 0.15) is 6.61 Å². The molecule has 0 bridgehead atoms. The smallest absolute Gasteiger partial charge is 0.462 e. The fraction of sp³-hybridized carbons (Fsp3) is 0.756. The second kappa shape index (κ2) is 37.3. The molecule has 0 aromatic carbocycles. The molecule has 0 radical (unpaired) electrons. The molecule has 0 saturated carbocycles. The molecule has 0 aliphatic rings. The van der Waals surface area contributed by atoms with Crippen LogP contribution >= 0.6 is 7.82 Å². The van der Waals surface area contributed by atoms with E-state index in [0.29, 0.717) is 19.3 Å². The molecule has 4 N–H and O–H groups in total. The maximum Gasteiger partial charge on any atom is 0.472 e. The van der Waals surface area contributed by atoms with Crippen LogP contribution in [-0.4, -0.2) is 60.5 Å². The summed E-state index contributed by atoms with van der Waals surface area (Å²) in [5.41, 5.74) is 5.33. The van der Waals surface area contributed by atoms with E-state index in [1.807, 2.05) is 12.2 Å². The van der Waals surface area contributed by atoms with E-state index < -0.39 is 38.6 Å². The highest BCUT2D eigenvalue weighted by Gasteiger charge is 2.26. The van der Waals surface area contributed by atoms with E-state index in [-0.39, 0.29) is 32.6 Å². The average molecular weight is 756 g/mol. The zero-order valence-corrected chi connectivity index (χ0v) is 33.5. The SMILES string of the molecule is CC/C=C/C/C=C/C=C/C(O)CCCCCCCC(=O)OC[C@H](COP(=O)(O)OCCN)OC(=O)CCCCCCCCC/C=C\CCCCCC. The summed E-state index contributed by atoms with van der Waals surface area (Å²) in [6.07, 6.45) is 37.3. The van der Waals surface area contributed by atoms with E-state index in [4.69, 9.17) is 24.3 Å². The number of aliphatic hydroxyl groups excluding tert-OH is 1. The van der Waals surface area contributed by atoms with Crippen LogP contribution in [0.25, 0.3) is 0 Å². The minimum atomic E-state index is -4.40. The molecule has 0 amide bonds. The van der Waals surface area contributed by atoms with E-state index >= 15 is 0 Å². The quantitative estimate of drug-likeness (QED) is 0.0183. The molecule has 0 spiro atoms. The predicted molar refractivity (Wildman–Crippen MR) is 212 cm³/mol. The molecular weight excluding hydrogens is 681 g/mol. The topological polar surface area (TPSA) is 155 Å². The summed E-state index contributed by atoms with van der Waals surface area (Å²) in [6, 6.07) is 0. The third-order valence-electron chi connectivity index (χ3n) is 8.30. The Morgan fingerprint density at radius 2 is 1.29 bits per heavy atom. The van der Waals surface area contributed by atoms with Crippen LogP contribution in [0, 0.1) is 0 Å². The van der Waals surface area contributed by atoms with E-state index in [2.05, 4.69) is 44.2 Å². The summed E-state index contributed by atoms with van der Waals surface area (Å²) in [4.78, 5) is 34.8. The Morgan fingerprint density at radius 1 is 0.692 bits per heavy atom. The van der Waals surface area contributed by atoms with Crippen molar-refractivity contribution in [1.82, 2.24) is 0 Å². The van der Waals surface area contributed by atoms with E-state index in [9.17, 15) is 24.2 Å². The van der Waals surface area contributed by atoms with Crippen molar-refractivity contribution in [1.29, 1.82) is 0 Å². The van der Waals surface area contributed by atoms with E-state index in [1.165, 1.54) is 51.4 Å².